The highest BCUT2D eigenvalue weighted by molar-refractivity contribution is 5.89. The second kappa shape index (κ2) is 10.2. The summed E-state index contributed by atoms with van der Waals surface area (Å²) in [5.74, 6) is 0.797. The van der Waals surface area contributed by atoms with Crippen LogP contribution in [0.2, 0.25) is 0 Å². The summed E-state index contributed by atoms with van der Waals surface area (Å²) in [4.78, 5) is 11.7. The van der Waals surface area contributed by atoms with Gasteiger partial charge in [0.1, 0.15) is 12.4 Å². The topological polar surface area (TPSA) is 55.8 Å². The molecule has 0 bridgehead atoms. The highest BCUT2D eigenvalue weighted by atomic mass is 16.5. The van der Waals surface area contributed by atoms with E-state index in [1.165, 1.54) is 19.3 Å². The maximum absolute atomic E-state index is 11.7. The number of esters is 1. The van der Waals surface area contributed by atoms with Crippen LogP contribution in [0.4, 0.5) is 0 Å². The Bertz CT molecular complexity index is 417. The summed E-state index contributed by atoms with van der Waals surface area (Å²) in [6.45, 7) is 4.88. The molecular weight excluding hydrogens is 268 g/mol. The molecule has 0 aromatic heterocycles. The molecule has 1 atom stereocenters. The summed E-state index contributed by atoms with van der Waals surface area (Å²) in [5, 5.41) is 8.66. The fourth-order valence-corrected chi connectivity index (χ4v) is 2.05. The highest BCUT2D eigenvalue weighted by Gasteiger charge is 2.10. The summed E-state index contributed by atoms with van der Waals surface area (Å²) in [5.41, 5.74) is 0.447. The quantitative estimate of drug-likeness (QED) is 0.672. The zero-order valence-corrected chi connectivity index (χ0v) is 13.0. The first-order chi connectivity index (χ1) is 10.2. The number of ether oxygens (including phenoxy) is 2. The zero-order valence-electron chi connectivity index (χ0n) is 13.0. The summed E-state index contributed by atoms with van der Waals surface area (Å²) >= 11 is 0. The monoisotopic (exact) mass is 294 g/mol. The summed E-state index contributed by atoms with van der Waals surface area (Å²) < 4.78 is 10.7. The van der Waals surface area contributed by atoms with Crippen molar-refractivity contribution in [1.29, 1.82) is 0 Å². The van der Waals surface area contributed by atoms with E-state index in [1.807, 2.05) is 6.07 Å². The lowest BCUT2D eigenvalue weighted by molar-refractivity contribution is 0.0433. The van der Waals surface area contributed by atoms with Gasteiger partial charge in [-0.15, -0.1) is 0 Å². The van der Waals surface area contributed by atoms with Crippen LogP contribution in [0.1, 0.15) is 49.9 Å². The van der Waals surface area contributed by atoms with E-state index in [2.05, 4.69) is 13.8 Å². The molecule has 0 spiro atoms. The lowest BCUT2D eigenvalue weighted by atomic mass is 10.0. The Morgan fingerprint density at radius 3 is 2.81 bits per heavy atom. The Morgan fingerprint density at radius 1 is 1.33 bits per heavy atom. The number of unbranched alkanes of at least 4 members (excludes halogenated alkanes) is 1. The van der Waals surface area contributed by atoms with Crippen LogP contribution in [0.25, 0.3) is 0 Å². The molecule has 4 heteroatoms. The molecule has 4 nitrogen and oxygen atoms in total. The van der Waals surface area contributed by atoms with Gasteiger partial charge in [-0.2, -0.15) is 0 Å². The minimum atomic E-state index is -0.437. The van der Waals surface area contributed by atoms with Gasteiger partial charge in [0.05, 0.1) is 18.8 Å². The fraction of sp³-hybridized carbons (Fsp3) is 0.588. The van der Waals surface area contributed by atoms with Gasteiger partial charge in [0.15, 0.2) is 0 Å². The van der Waals surface area contributed by atoms with Crippen molar-refractivity contribution >= 4 is 5.97 Å². The molecule has 1 rings (SSSR count). The largest absolute Gasteiger partial charge is 0.493 e. The molecule has 0 fully saturated rings. The minimum absolute atomic E-state index is 0.0127. The molecule has 1 unspecified atom stereocenters. The lowest BCUT2D eigenvalue weighted by Gasteiger charge is -2.15. The molecule has 0 radical (unpaired) electrons. The normalized spacial score (nSPS) is 12.0. The number of aliphatic hydroxyl groups excluding tert-OH is 1. The molecule has 0 saturated carbocycles. The van der Waals surface area contributed by atoms with E-state index in [0.29, 0.717) is 23.8 Å². The van der Waals surface area contributed by atoms with Crippen LogP contribution < -0.4 is 4.74 Å². The standard InChI is InChI=1S/C17H26O4/c1-3-5-7-14(4-2)13-21-16-9-6-8-15(12-16)17(19)20-11-10-18/h6,8-9,12,14,18H,3-5,7,10-11,13H2,1-2H3. The van der Waals surface area contributed by atoms with Crippen molar-refractivity contribution in [3.63, 3.8) is 0 Å². The van der Waals surface area contributed by atoms with Gasteiger partial charge in [-0.25, -0.2) is 4.79 Å². The number of hydrogen-bond acceptors (Lipinski definition) is 4. The van der Waals surface area contributed by atoms with Crippen LogP contribution in [0.3, 0.4) is 0 Å². The van der Waals surface area contributed by atoms with Crippen LogP contribution in [-0.2, 0) is 4.74 Å². The molecule has 118 valence electrons. The zero-order chi connectivity index (χ0) is 15.5. The molecule has 0 aliphatic carbocycles. The molecular formula is C17H26O4. The number of hydrogen-bond donors (Lipinski definition) is 1. The van der Waals surface area contributed by atoms with Crippen LogP contribution >= 0.6 is 0 Å². The van der Waals surface area contributed by atoms with Gasteiger partial charge in [0.25, 0.3) is 0 Å². The van der Waals surface area contributed by atoms with Crippen LogP contribution in [0, 0.1) is 5.92 Å². The van der Waals surface area contributed by atoms with E-state index >= 15 is 0 Å². The maximum Gasteiger partial charge on any atom is 0.338 e. The Labute approximate surface area is 127 Å². The van der Waals surface area contributed by atoms with Gasteiger partial charge in [0.2, 0.25) is 0 Å². The highest BCUT2D eigenvalue weighted by Crippen LogP contribution is 2.18. The number of benzene rings is 1. The molecule has 0 aliphatic rings. The fourth-order valence-electron chi connectivity index (χ4n) is 2.05. The summed E-state index contributed by atoms with van der Waals surface area (Å²) in [6.07, 6.45) is 4.68. The predicted molar refractivity (Wildman–Crippen MR) is 82.6 cm³/mol. The van der Waals surface area contributed by atoms with E-state index < -0.39 is 5.97 Å². The van der Waals surface area contributed by atoms with Crippen molar-refractivity contribution in [3.8, 4) is 5.75 Å². The third kappa shape index (κ3) is 6.63. The van der Waals surface area contributed by atoms with E-state index in [-0.39, 0.29) is 13.2 Å². The number of carbonyl (C=O) groups is 1. The number of carbonyl (C=O) groups excluding carboxylic acids is 1. The third-order valence-electron chi connectivity index (χ3n) is 3.42. The predicted octanol–water partition coefficient (Wildman–Crippen LogP) is 3.43. The van der Waals surface area contributed by atoms with E-state index in [4.69, 9.17) is 14.6 Å². The smallest absolute Gasteiger partial charge is 0.338 e. The van der Waals surface area contributed by atoms with Crippen molar-refractivity contribution in [2.75, 3.05) is 19.8 Å². The van der Waals surface area contributed by atoms with Gasteiger partial charge in [-0.3, -0.25) is 0 Å². The molecule has 1 aromatic carbocycles. The van der Waals surface area contributed by atoms with Crippen molar-refractivity contribution in [3.05, 3.63) is 29.8 Å². The van der Waals surface area contributed by atoms with Crippen LogP contribution in [0.15, 0.2) is 24.3 Å². The van der Waals surface area contributed by atoms with Crippen molar-refractivity contribution in [1.82, 2.24) is 0 Å². The first-order valence-electron chi connectivity index (χ1n) is 7.72. The van der Waals surface area contributed by atoms with Crippen LogP contribution in [-0.4, -0.2) is 30.9 Å². The summed E-state index contributed by atoms with van der Waals surface area (Å²) in [7, 11) is 0. The minimum Gasteiger partial charge on any atom is -0.493 e. The SMILES string of the molecule is CCCCC(CC)COc1cccc(C(=O)OCCO)c1. The molecule has 1 aromatic rings. The molecule has 1 N–H and O–H groups in total. The molecule has 0 heterocycles. The Hall–Kier alpha value is -1.55. The second-order valence-corrected chi connectivity index (χ2v) is 5.11. The number of rotatable bonds is 10. The average Bonchev–Trinajstić information content (AvgIpc) is 2.53. The van der Waals surface area contributed by atoms with Gasteiger partial charge in [-0.1, -0.05) is 39.2 Å². The Balaban J connectivity index is 2.53. The molecule has 21 heavy (non-hydrogen) atoms. The summed E-state index contributed by atoms with van der Waals surface area (Å²) in [6, 6.07) is 6.99. The van der Waals surface area contributed by atoms with Crippen LogP contribution in [0.5, 0.6) is 5.75 Å². The molecule has 0 aliphatic heterocycles. The van der Waals surface area contributed by atoms with Crippen molar-refractivity contribution < 1.29 is 19.4 Å². The lowest BCUT2D eigenvalue weighted by Crippen LogP contribution is -2.12. The van der Waals surface area contributed by atoms with E-state index in [9.17, 15) is 4.79 Å². The number of aliphatic hydroxyl groups is 1. The maximum atomic E-state index is 11.7. The van der Waals surface area contributed by atoms with Gasteiger partial charge in [-0.05, 0) is 30.5 Å². The third-order valence-corrected chi connectivity index (χ3v) is 3.42. The average molecular weight is 294 g/mol. The van der Waals surface area contributed by atoms with E-state index in [0.717, 1.165) is 6.42 Å². The van der Waals surface area contributed by atoms with Gasteiger partial charge >= 0.3 is 5.97 Å². The van der Waals surface area contributed by atoms with Crippen molar-refractivity contribution in [2.45, 2.75) is 39.5 Å². The van der Waals surface area contributed by atoms with Gasteiger partial charge < -0.3 is 14.6 Å². The Kier molecular flexibility index (Phi) is 8.51. The van der Waals surface area contributed by atoms with Crippen molar-refractivity contribution in [2.24, 2.45) is 5.92 Å². The van der Waals surface area contributed by atoms with Gasteiger partial charge in [0, 0.05) is 0 Å². The van der Waals surface area contributed by atoms with E-state index in [1.54, 1.807) is 18.2 Å². The Morgan fingerprint density at radius 2 is 2.14 bits per heavy atom. The second-order valence-electron chi connectivity index (χ2n) is 5.11. The molecule has 0 amide bonds. The first kappa shape index (κ1) is 17.5. The molecule has 0 saturated heterocycles. The first-order valence-corrected chi connectivity index (χ1v) is 7.72.